The van der Waals surface area contributed by atoms with Gasteiger partial charge in [-0.1, -0.05) is 56.2 Å². The monoisotopic (exact) mass is 1410 g/mol. The van der Waals surface area contributed by atoms with Gasteiger partial charge in [-0.15, -0.1) is 0 Å². The number of hydrogen-bond donors (Lipinski definition) is 0. The van der Waals surface area contributed by atoms with Gasteiger partial charge < -0.3 is 114 Å². The van der Waals surface area contributed by atoms with Crippen molar-refractivity contribution in [2.45, 2.75) is 0 Å². The first-order valence-electron chi connectivity index (χ1n) is 30.2. The quantitative estimate of drug-likeness (QED) is 0.0387. The van der Waals surface area contributed by atoms with E-state index in [4.69, 9.17) is 114 Å². The Hall–Kier alpha value is -3.82. The molecular weight excluding hydrogens is 1310 g/mol. The van der Waals surface area contributed by atoms with Crippen molar-refractivity contribution in [1.29, 1.82) is 0 Å². The van der Waals surface area contributed by atoms with Crippen LogP contribution in [-0.2, 0) is 85.3 Å². The van der Waals surface area contributed by atoms with Crippen LogP contribution >= 0.6 is 31.9 Å². The van der Waals surface area contributed by atoms with E-state index < -0.39 is 0 Å². The van der Waals surface area contributed by atoms with Crippen LogP contribution in [0.5, 0.6) is 34.5 Å². The SMILES string of the molecule is COCCOCCOCCOc1cc(/C=C/c2cc(Br)c(/C=C/c3cc(OCCOCCOCCOC)c(OCCOCCOCCOC)c(OCCOCCOCCOC)c3)cc2Br)cc(OCCOCCOCCOC)c1OCCOCCOCCOC. The molecule has 0 bridgehead atoms. The lowest BCUT2D eigenvalue weighted by atomic mass is 10.1. The average molecular weight is 1410 g/mol. The highest BCUT2D eigenvalue weighted by Gasteiger charge is 2.19. The second-order valence-corrected chi connectivity index (χ2v) is 20.4. The molecule has 0 unspecified atom stereocenters. The minimum Gasteiger partial charge on any atom is -0.487 e. The smallest absolute Gasteiger partial charge is 0.203 e. The first kappa shape index (κ1) is 80.4. The Kier molecular flexibility index (Phi) is 51.7. The van der Waals surface area contributed by atoms with Crippen LogP contribution in [-0.4, -0.2) is 281 Å². The summed E-state index contributed by atoms with van der Waals surface area (Å²) in [6.07, 6.45) is 7.94. The molecule has 3 aromatic carbocycles. The summed E-state index contributed by atoms with van der Waals surface area (Å²) in [4.78, 5) is 0. The third kappa shape index (κ3) is 40.3. The van der Waals surface area contributed by atoms with Crippen LogP contribution in [0.15, 0.2) is 45.3 Å². The number of hydrogen-bond acceptors (Lipinski definition) is 24. The highest BCUT2D eigenvalue weighted by Crippen LogP contribution is 2.41. The van der Waals surface area contributed by atoms with Crippen molar-refractivity contribution in [2.24, 2.45) is 0 Å². The zero-order valence-corrected chi connectivity index (χ0v) is 57.0. The van der Waals surface area contributed by atoms with E-state index in [0.717, 1.165) is 31.2 Å². The standard InChI is InChI=1S/C64H100Br2O24/c1-67-11-17-73-23-29-79-35-41-85-59-47-53(48-60(86-42-36-80-30-24-74-18-12-68-2)63(59)89-45-39-83-33-27-77-21-15-71-5)7-9-55-51-58(66)56(52-57(55)65)10-8-54-49-61(87-43-37-81-31-25-75-19-13-69-3)64(90-46-40-84-34-28-78-22-16-72-6)62(50-54)88-44-38-82-32-26-76-20-14-70-4/h7-10,47-52H,11-46H2,1-6H3/b9-7+,10-8+. The highest BCUT2D eigenvalue weighted by atomic mass is 79.9. The van der Waals surface area contributed by atoms with Gasteiger partial charge in [0.25, 0.3) is 0 Å². The Morgan fingerprint density at radius 1 is 0.222 bits per heavy atom. The van der Waals surface area contributed by atoms with Crippen LogP contribution in [0, 0.1) is 0 Å². The maximum absolute atomic E-state index is 6.38. The average Bonchev–Trinajstić information content (AvgIpc) is 1.52. The molecule has 0 fully saturated rings. The molecule has 0 atom stereocenters. The van der Waals surface area contributed by atoms with Gasteiger partial charge in [0.1, 0.15) is 39.6 Å². The van der Waals surface area contributed by atoms with Gasteiger partial charge in [0.15, 0.2) is 23.0 Å². The lowest BCUT2D eigenvalue weighted by Crippen LogP contribution is -2.15. The number of halogens is 2. The third-order valence-corrected chi connectivity index (χ3v) is 13.2. The van der Waals surface area contributed by atoms with Crippen LogP contribution in [0.4, 0.5) is 0 Å². The summed E-state index contributed by atoms with van der Waals surface area (Å²) in [5.74, 6) is 2.64. The van der Waals surface area contributed by atoms with Crippen LogP contribution in [0.3, 0.4) is 0 Å². The van der Waals surface area contributed by atoms with Gasteiger partial charge in [0, 0.05) is 51.6 Å². The van der Waals surface area contributed by atoms with Gasteiger partial charge in [-0.05, 0) is 58.7 Å². The molecule has 26 heteroatoms. The normalized spacial score (nSPS) is 11.6. The zero-order valence-electron chi connectivity index (χ0n) is 53.8. The molecule has 0 aliphatic heterocycles. The molecule has 514 valence electrons. The summed E-state index contributed by atoms with van der Waals surface area (Å²) in [6.45, 7) is 14.0. The van der Waals surface area contributed by atoms with E-state index in [9.17, 15) is 0 Å². The maximum atomic E-state index is 6.38. The van der Waals surface area contributed by atoms with Crippen molar-refractivity contribution in [1.82, 2.24) is 0 Å². The minimum atomic E-state index is 0.213. The summed E-state index contributed by atoms with van der Waals surface area (Å²) >= 11 is 7.70. The lowest BCUT2D eigenvalue weighted by Gasteiger charge is -2.18. The van der Waals surface area contributed by atoms with Crippen molar-refractivity contribution in [3.63, 3.8) is 0 Å². The summed E-state index contributed by atoms with van der Waals surface area (Å²) in [5, 5.41) is 0. The second-order valence-electron chi connectivity index (χ2n) is 18.7. The molecule has 3 aromatic rings. The molecule has 0 aliphatic carbocycles. The molecule has 90 heavy (non-hydrogen) atoms. The molecule has 3 rings (SSSR count). The first-order valence-corrected chi connectivity index (χ1v) is 31.8. The van der Waals surface area contributed by atoms with E-state index in [1.54, 1.807) is 42.7 Å². The number of rotatable bonds is 64. The van der Waals surface area contributed by atoms with E-state index in [0.29, 0.717) is 233 Å². The van der Waals surface area contributed by atoms with Crippen LogP contribution in [0.2, 0.25) is 0 Å². The predicted octanol–water partition coefficient (Wildman–Crippen LogP) is 7.90. The number of benzene rings is 3. The predicted molar refractivity (Wildman–Crippen MR) is 347 cm³/mol. The molecule has 0 heterocycles. The van der Waals surface area contributed by atoms with Gasteiger partial charge >= 0.3 is 0 Å². The summed E-state index contributed by atoms with van der Waals surface area (Å²) < 4.78 is 138. The van der Waals surface area contributed by atoms with Crippen LogP contribution < -0.4 is 28.4 Å². The van der Waals surface area contributed by atoms with Gasteiger partial charge in [-0.2, -0.15) is 0 Å². The van der Waals surface area contributed by atoms with Crippen molar-refractivity contribution < 1.29 is 114 Å². The highest BCUT2D eigenvalue weighted by molar-refractivity contribution is 9.11. The molecule has 0 aromatic heterocycles. The number of ether oxygens (including phenoxy) is 24. The van der Waals surface area contributed by atoms with E-state index in [1.165, 1.54) is 0 Å². The van der Waals surface area contributed by atoms with E-state index in [2.05, 4.69) is 31.9 Å². The Morgan fingerprint density at radius 3 is 0.600 bits per heavy atom. The summed E-state index contributed by atoms with van der Waals surface area (Å²) in [7, 11) is 9.79. The molecule has 0 saturated heterocycles. The first-order chi connectivity index (χ1) is 44.4. The fraction of sp³-hybridized carbons (Fsp3) is 0.656. The number of methoxy groups -OCH3 is 6. The topological polar surface area (TPSA) is 222 Å². The minimum absolute atomic E-state index is 0.213. The van der Waals surface area contributed by atoms with Crippen LogP contribution in [0.25, 0.3) is 24.3 Å². The van der Waals surface area contributed by atoms with Gasteiger partial charge in [-0.3, -0.25) is 0 Å². The second kappa shape index (κ2) is 57.8. The van der Waals surface area contributed by atoms with Gasteiger partial charge in [0.2, 0.25) is 11.5 Å². The molecule has 0 aliphatic rings. The molecule has 0 amide bonds. The van der Waals surface area contributed by atoms with Crippen molar-refractivity contribution >= 4 is 56.2 Å². The van der Waals surface area contributed by atoms with Crippen LogP contribution in [0.1, 0.15) is 22.3 Å². The largest absolute Gasteiger partial charge is 0.487 e. The Labute approximate surface area is 549 Å². The Morgan fingerprint density at radius 2 is 0.400 bits per heavy atom. The molecule has 0 radical (unpaired) electrons. The van der Waals surface area contributed by atoms with Gasteiger partial charge in [0.05, 0.1) is 198 Å². The summed E-state index contributed by atoms with van der Waals surface area (Å²) in [5.41, 5.74) is 3.33. The lowest BCUT2D eigenvalue weighted by molar-refractivity contribution is 0.0146. The van der Waals surface area contributed by atoms with E-state index in [-0.39, 0.29) is 39.6 Å². The third-order valence-electron chi connectivity index (χ3n) is 11.8. The maximum Gasteiger partial charge on any atom is 0.203 e. The van der Waals surface area contributed by atoms with Gasteiger partial charge in [-0.25, -0.2) is 0 Å². The fourth-order valence-electron chi connectivity index (χ4n) is 7.34. The van der Waals surface area contributed by atoms with Crippen molar-refractivity contribution in [2.75, 3.05) is 281 Å². The summed E-state index contributed by atoms with van der Waals surface area (Å²) in [6, 6.07) is 11.6. The molecule has 0 saturated carbocycles. The molecule has 0 spiro atoms. The zero-order chi connectivity index (χ0) is 64.4. The molecule has 0 N–H and O–H groups in total. The van der Waals surface area contributed by atoms with E-state index >= 15 is 0 Å². The van der Waals surface area contributed by atoms with E-state index in [1.807, 2.05) is 60.7 Å². The Balaban J connectivity index is 1.95. The molecular formula is C64H100Br2O24. The fourth-order valence-corrected chi connectivity index (χ4v) is 8.32. The molecule has 24 nitrogen and oxygen atoms in total. The van der Waals surface area contributed by atoms with Crippen molar-refractivity contribution in [3.05, 3.63) is 67.6 Å². The Bertz CT molecular complexity index is 2010. The van der Waals surface area contributed by atoms with Crippen molar-refractivity contribution in [3.8, 4) is 34.5 Å².